The fourth-order valence-electron chi connectivity index (χ4n) is 2.27. The predicted molar refractivity (Wildman–Crippen MR) is 68.7 cm³/mol. The normalized spacial score (nSPS) is 14.4. The quantitative estimate of drug-likeness (QED) is 0.759. The number of rotatable bonds is 5. The summed E-state index contributed by atoms with van der Waals surface area (Å²) in [7, 11) is 4.22. The van der Waals surface area contributed by atoms with Crippen LogP contribution in [0.5, 0.6) is 0 Å². The van der Waals surface area contributed by atoms with Crippen molar-refractivity contribution in [3.8, 4) is 0 Å². The molecule has 0 radical (unpaired) electrons. The van der Waals surface area contributed by atoms with Crippen molar-refractivity contribution in [2.45, 2.75) is 25.8 Å². The van der Waals surface area contributed by atoms with Crippen molar-refractivity contribution in [2.24, 2.45) is 0 Å². The van der Waals surface area contributed by atoms with Gasteiger partial charge >= 0.3 is 0 Å². The number of hydrogen-bond donors (Lipinski definition) is 1. The Bertz CT molecular complexity index is 345. The molecule has 0 amide bonds. The van der Waals surface area contributed by atoms with Crippen LogP contribution in [0.3, 0.4) is 0 Å². The Kier molecular flexibility index (Phi) is 3.97. The SMILES string of the molecule is CN(C)CCNCc1ccc2c(c1)CCC2. The van der Waals surface area contributed by atoms with E-state index in [1.165, 1.54) is 24.8 Å². The van der Waals surface area contributed by atoms with E-state index in [4.69, 9.17) is 0 Å². The van der Waals surface area contributed by atoms with Crippen LogP contribution < -0.4 is 5.32 Å². The van der Waals surface area contributed by atoms with Crippen LogP contribution in [0.2, 0.25) is 0 Å². The molecular formula is C14H22N2. The molecule has 1 aliphatic rings. The summed E-state index contributed by atoms with van der Waals surface area (Å²) < 4.78 is 0. The van der Waals surface area contributed by atoms with Gasteiger partial charge in [0.25, 0.3) is 0 Å². The third-order valence-electron chi connectivity index (χ3n) is 3.23. The molecule has 1 aromatic carbocycles. The minimum Gasteiger partial charge on any atom is -0.311 e. The lowest BCUT2D eigenvalue weighted by Gasteiger charge is -2.11. The lowest BCUT2D eigenvalue weighted by Crippen LogP contribution is -2.26. The first kappa shape index (κ1) is 11.6. The Morgan fingerprint density at radius 2 is 2.00 bits per heavy atom. The van der Waals surface area contributed by atoms with Crippen LogP contribution >= 0.6 is 0 Å². The summed E-state index contributed by atoms with van der Waals surface area (Å²) in [6, 6.07) is 6.96. The van der Waals surface area contributed by atoms with Gasteiger partial charge in [0.05, 0.1) is 0 Å². The van der Waals surface area contributed by atoms with Crippen LogP contribution in [0.4, 0.5) is 0 Å². The van der Waals surface area contributed by atoms with Gasteiger partial charge in [-0.1, -0.05) is 18.2 Å². The Morgan fingerprint density at radius 1 is 1.19 bits per heavy atom. The van der Waals surface area contributed by atoms with Gasteiger partial charge in [-0.3, -0.25) is 0 Å². The minimum absolute atomic E-state index is 1.00. The van der Waals surface area contributed by atoms with Crippen LogP contribution in [0.1, 0.15) is 23.1 Å². The topological polar surface area (TPSA) is 15.3 Å². The van der Waals surface area contributed by atoms with Crippen molar-refractivity contribution in [3.63, 3.8) is 0 Å². The second kappa shape index (κ2) is 5.46. The van der Waals surface area contributed by atoms with Crippen molar-refractivity contribution < 1.29 is 0 Å². The summed E-state index contributed by atoms with van der Waals surface area (Å²) in [5.41, 5.74) is 4.57. The molecule has 1 N–H and O–H groups in total. The summed E-state index contributed by atoms with van der Waals surface area (Å²) in [6.07, 6.45) is 3.90. The highest BCUT2D eigenvalue weighted by Crippen LogP contribution is 2.22. The van der Waals surface area contributed by atoms with Crippen molar-refractivity contribution in [1.82, 2.24) is 10.2 Å². The van der Waals surface area contributed by atoms with Crippen LogP contribution in [-0.4, -0.2) is 32.1 Å². The summed E-state index contributed by atoms with van der Waals surface area (Å²) in [6.45, 7) is 3.16. The number of likely N-dealkylation sites (N-methyl/N-ethyl adjacent to an activating group) is 1. The van der Waals surface area contributed by atoms with Gasteiger partial charge in [-0.25, -0.2) is 0 Å². The Morgan fingerprint density at radius 3 is 2.81 bits per heavy atom. The van der Waals surface area contributed by atoms with Gasteiger partial charge in [0, 0.05) is 19.6 Å². The Balaban J connectivity index is 1.81. The zero-order valence-electron chi connectivity index (χ0n) is 10.4. The summed E-state index contributed by atoms with van der Waals surface area (Å²) in [4.78, 5) is 2.20. The highest BCUT2D eigenvalue weighted by molar-refractivity contribution is 5.35. The zero-order chi connectivity index (χ0) is 11.4. The molecule has 0 saturated carbocycles. The van der Waals surface area contributed by atoms with Gasteiger partial charge in [0.1, 0.15) is 0 Å². The molecule has 0 unspecified atom stereocenters. The molecule has 0 spiro atoms. The highest BCUT2D eigenvalue weighted by Gasteiger charge is 2.10. The van der Waals surface area contributed by atoms with Crippen LogP contribution in [0.25, 0.3) is 0 Å². The van der Waals surface area contributed by atoms with E-state index in [0.29, 0.717) is 0 Å². The molecule has 0 saturated heterocycles. The van der Waals surface area contributed by atoms with E-state index in [1.807, 2.05) is 0 Å². The highest BCUT2D eigenvalue weighted by atomic mass is 15.1. The smallest absolute Gasteiger partial charge is 0.0206 e. The molecule has 88 valence electrons. The maximum Gasteiger partial charge on any atom is 0.0206 e. The van der Waals surface area contributed by atoms with Crippen LogP contribution in [-0.2, 0) is 19.4 Å². The summed E-state index contributed by atoms with van der Waals surface area (Å²) in [5, 5.41) is 3.48. The molecule has 0 aliphatic heterocycles. The van der Waals surface area contributed by atoms with Gasteiger partial charge in [-0.2, -0.15) is 0 Å². The molecule has 1 aliphatic carbocycles. The molecule has 0 aromatic heterocycles. The largest absolute Gasteiger partial charge is 0.311 e. The standard InChI is InChI=1S/C14H22N2/c1-16(2)9-8-15-11-12-6-7-13-4-3-5-14(13)10-12/h6-7,10,15H,3-5,8-9,11H2,1-2H3. The average Bonchev–Trinajstić information content (AvgIpc) is 2.71. The molecule has 16 heavy (non-hydrogen) atoms. The van der Waals surface area contributed by atoms with Gasteiger partial charge in [-0.15, -0.1) is 0 Å². The first-order valence-corrected chi connectivity index (χ1v) is 6.22. The molecule has 0 bridgehead atoms. The van der Waals surface area contributed by atoms with E-state index >= 15 is 0 Å². The lowest BCUT2D eigenvalue weighted by atomic mass is 10.1. The van der Waals surface area contributed by atoms with E-state index in [1.54, 1.807) is 11.1 Å². The summed E-state index contributed by atoms with van der Waals surface area (Å²) in [5.74, 6) is 0. The van der Waals surface area contributed by atoms with E-state index in [-0.39, 0.29) is 0 Å². The van der Waals surface area contributed by atoms with Gasteiger partial charge in [0.15, 0.2) is 0 Å². The average molecular weight is 218 g/mol. The Hall–Kier alpha value is -0.860. The predicted octanol–water partition coefficient (Wildman–Crippen LogP) is 1.83. The third-order valence-corrected chi connectivity index (χ3v) is 3.23. The fourth-order valence-corrected chi connectivity index (χ4v) is 2.27. The van der Waals surface area contributed by atoms with Crippen LogP contribution in [0.15, 0.2) is 18.2 Å². The monoisotopic (exact) mass is 218 g/mol. The molecule has 0 fully saturated rings. The zero-order valence-corrected chi connectivity index (χ0v) is 10.4. The molecule has 1 aromatic rings. The number of benzene rings is 1. The number of fused-ring (bicyclic) bond motifs is 1. The van der Waals surface area contributed by atoms with Gasteiger partial charge in [0.2, 0.25) is 0 Å². The van der Waals surface area contributed by atoms with E-state index < -0.39 is 0 Å². The molecule has 0 atom stereocenters. The van der Waals surface area contributed by atoms with E-state index in [0.717, 1.165) is 19.6 Å². The van der Waals surface area contributed by atoms with Crippen LogP contribution in [0, 0.1) is 0 Å². The number of nitrogens with zero attached hydrogens (tertiary/aromatic N) is 1. The van der Waals surface area contributed by atoms with Crippen molar-refractivity contribution >= 4 is 0 Å². The third kappa shape index (κ3) is 3.06. The molecule has 0 heterocycles. The fraction of sp³-hybridized carbons (Fsp3) is 0.571. The van der Waals surface area contributed by atoms with Crippen molar-refractivity contribution in [3.05, 3.63) is 34.9 Å². The molecular weight excluding hydrogens is 196 g/mol. The first-order valence-electron chi connectivity index (χ1n) is 6.22. The minimum atomic E-state index is 1.00. The second-order valence-electron chi connectivity index (χ2n) is 4.94. The lowest BCUT2D eigenvalue weighted by molar-refractivity contribution is 0.400. The summed E-state index contributed by atoms with van der Waals surface area (Å²) >= 11 is 0. The maximum atomic E-state index is 3.48. The van der Waals surface area contributed by atoms with Crippen molar-refractivity contribution in [2.75, 3.05) is 27.2 Å². The van der Waals surface area contributed by atoms with E-state index in [2.05, 4.69) is 42.5 Å². The molecule has 2 nitrogen and oxygen atoms in total. The first-order chi connectivity index (χ1) is 7.75. The van der Waals surface area contributed by atoms with Gasteiger partial charge in [-0.05, 0) is 50.0 Å². The van der Waals surface area contributed by atoms with Gasteiger partial charge < -0.3 is 10.2 Å². The van der Waals surface area contributed by atoms with Crippen molar-refractivity contribution in [1.29, 1.82) is 0 Å². The second-order valence-corrected chi connectivity index (χ2v) is 4.94. The number of nitrogens with one attached hydrogen (secondary N) is 1. The molecule has 2 heteroatoms. The number of hydrogen-bond acceptors (Lipinski definition) is 2. The Labute approximate surface area is 98.7 Å². The van der Waals surface area contributed by atoms with E-state index in [9.17, 15) is 0 Å². The number of aryl methyl sites for hydroxylation is 2. The molecule has 2 rings (SSSR count). The maximum absolute atomic E-state index is 3.48.